The van der Waals surface area contributed by atoms with E-state index >= 15 is 0 Å². The van der Waals surface area contributed by atoms with Crippen LogP contribution in [0.15, 0.2) is 42.5 Å². The summed E-state index contributed by atoms with van der Waals surface area (Å²) >= 11 is 0. The largest absolute Gasteiger partial charge is 0.366 e. The molecule has 1 aliphatic heterocycles. The molecule has 0 radical (unpaired) electrons. The third-order valence-electron chi connectivity index (χ3n) is 4.11. The van der Waals surface area contributed by atoms with Crippen LogP contribution in [0, 0.1) is 5.82 Å². The quantitative estimate of drug-likeness (QED) is 0.688. The monoisotopic (exact) mass is 326 g/mol. The lowest BCUT2D eigenvalue weighted by atomic mass is 10.1. The summed E-state index contributed by atoms with van der Waals surface area (Å²) in [6.07, 6.45) is 2.31. The van der Waals surface area contributed by atoms with E-state index in [1.807, 2.05) is 18.2 Å². The number of anilines is 3. The molecule has 7 heteroatoms. The molecular weight excluding hydrogens is 307 g/mol. The summed E-state index contributed by atoms with van der Waals surface area (Å²) in [5.41, 5.74) is 1.51. The lowest BCUT2D eigenvalue weighted by molar-refractivity contribution is 0.478. The van der Waals surface area contributed by atoms with Gasteiger partial charge in [0.1, 0.15) is 11.6 Å². The van der Waals surface area contributed by atoms with Crippen LogP contribution < -0.4 is 16.0 Å². The lowest BCUT2D eigenvalue weighted by Crippen LogP contribution is -2.38. The number of nitrogens with one attached hydrogen (secondary N) is 3. The first kappa shape index (κ1) is 14.9. The fourth-order valence-electron chi connectivity index (χ4n) is 2.91. The molecule has 1 saturated heterocycles. The molecule has 0 spiro atoms. The first-order valence-corrected chi connectivity index (χ1v) is 8.13. The van der Waals surface area contributed by atoms with Crippen molar-refractivity contribution in [3.05, 3.63) is 48.3 Å². The van der Waals surface area contributed by atoms with Crippen LogP contribution in [0.3, 0.4) is 0 Å². The van der Waals surface area contributed by atoms with E-state index in [2.05, 4.69) is 26.0 Å². The Labute approximate surface area is 139 Å². The molecule has 3 N–H and O–H groups in total. The van der Waals surface area contributed by atoms with Crippen LogP contribution in [0.25, 0.3) is 5.65 Å². The SMILES string of the molecule is Fc1ccc(Nc2nc3cccc(NC4CCCNC4)n3n2)cc1. The molecule has 1 fully saturated rings. The van der Waals surface area contributed by atoms with Crippen molar-refractivity contribution >= 4 is 23.1 Å². The van der Waals surface area contributed by atoms with Crippen molar-refractivity contribution in [3.8, 4) is 0 Å². The van der Waals surface area contributed by atoms with Gasteiger partial charge in [-0.2, -0.15) is 9.50 Å². The van der Waals surface area contributed by atoms with Crippen LogP contribution in [-0.4, -0.2) is 33.7 Å². The van der Waals surface area contributed by atoms with E-state index in [9.17, 15) is 4.39 Å². The van der Waals surface area contributed by atoms with E-state index in [4.69, 9.17) is 0 Å². The van der Waals surface area contributed by atoms with E-state index in [1.54, 1.807) is 16.6 Å². The van der Waals surface area contributed by atoms with E-state index in [-0.39, 0.29) is 5.82 Å². The highest BCUT2D eigenvalue weighted by atomic mass is 19.1. The smallest absolute Gasteiger partial charge is 0.247 e. The second-order valence-corrected chi connectivity index (χ2v) is 5.94. The molecule has 3 aromatic rings. The average molecular weight is 326 g/mol. The number of rotatable bonds is 4. The number of hydrogen-bond acceptors (Lipinski definition) is 5. The molecule has 1 atom stereocenters. The second-order valence-electron chi connectivity index (χ2n) is 5.94. The number of halogens is 1. The van der Waals surface area contributed by atoms with Crippen LogP contribution >= 0.6 is 0 Å². The molecule has 1 aliphatic rings. The number of benzene rings is 1. The molecular formula is C17H19FN6. The minimum Gasteiger partial charge on any atom is -0.366 e. The van der Waals surface area contributed by atoms with Crippen molar-refractivity contribution in [2.45, 2.75) is 18.9 Å². The van der Waals surface area contributed by atoms with Gasteiger partial charge in [0.2, 0.25) is 5.95 Å². The van der Waals surface area contributed by atoms with Gasteiger partial charge in [-0.05, 0) is 55.8 Å². The number of piperidine rings is 1. The molecule has 0 amide bonds. The minimum absolute atomic E-state index is 0.268. The Hall–Kier alpha value is -2.67. The summed E-state index contributed by atoms with van der Waals surface area (Å²) in [5.74, 6) is 1.13. The van der Waals surface area contributed by atoms with Gasteiger partial charge in [-0.1, -0.05) is 6.07 Å². The van der Waals surface area contributed by atoms with Gasteiger partial charge in [-0.15, -0.1) is 5.10 Å². The summed E-state index contributed by atoms with van der Waals surface area (Å²) in [6, 6.07) is 12.4. The first-order chi connectivity index (χ1) is 11.8. The zero-order valence-corrected chi connectivity index (χ0v) is 13.2. The highest BCUT2D eigenvalue weighted by Gasteiger charge is 2.15. The molecule has 1 unspecified atom stereocenters. The summed E-state index contributed by atoms with van der Waals surface area (Å²) in [6.45, 7) is 2.03. The van der Waals surface area contributed by atoms with Crippen LogP contribution in [-0.2, 0) is 0 Å². The van der Waals surface area contributed by atoms with Gasteiger partial charge < -0.3 is 16.0 Å². The predicted octanol–water partition coefficient (Wildman–Crippen LogP) is 2.78. The molecule has 0 saturated carbocycles. The van der Waals surface area contributed by atoms with E-state index < -0.39 is 0 Å². The Morgan fingerprint density at radius 2 is 2.04 bits per heavy atom. The van der Waals surface area contributed by atoms with Crippen molar-refractivity contribution < 1.29 is 4.39 Å². The summed E-state index contributed by atoms with van der Waals surface area (Å²) in [7, 11) is 0. The summed E-state index contributed by atoms with van der Waals surface area (Å²) < 4.78 is 14.8. The Balaban J connectivity index is 1.57. The first-order valence-electron chi connectivity index (χ1n) is 8.13. The fourth-order valence-corrected chi connectivity index (χ4v) is 2.91. The standard InChI is InChI=1S/C17H19FN6/c18-12-6-8-13(9-7-12)21-17-22-16-5-1-4-15(24(16)23-17)20-14-3-2-10-19-11-14/h1,4-9,14,19-20H,2-3,10-11H2,(H,21,23). The molecule has 3 heterocycles. The number of pyridine rings is 1. The van der Waals surface area contributed by atoms with Gasteiger partial charge in [0.05, 0.1) is 0 Å². The Morgan fingerprint density at radius 1 is 1.17 bits per heavy atom. The third kappa shape index (κ3) is 3.16. The topological polar surface area (TPSA) is 66.3 Å². The van der Waals surface area contributed by atoms with Gasteiger partial charge >= 0.3 is 0 Å². The minimum atomic E-state index is -0.268. The molecule has 24 heavy (non-hydrogen) atoms. The van der Waals surface area contributed by atoms with Gasteiger partial charge in [0.15, 0.2) is 5.65 Å². The Bertz CT molecular complexity index is 823. The van der Waals surface area contributed by atoms with Crippen molar-refractivity contribution in [1.29, 1.82) is 0 Å². The number of hydrogen-bond donors (Lipinski definition) is 3. The van der Waals surface area contributed by atoms with Gasteiger partial charge in [-0.25, -0.2) is 4.39 Å². The predicted molar refractivity (Wildman–Crippen MR) is 92.2 cm³/mol. The van der Waals surface area contributed by atoms with Crippen LogP contribution in [0.5, 0.6) is 0 Å². The average Bonchev–Trinajstić information content (AvgIpc) is 3.01. The summed E-state index contributed by atoms with van der Waals surface area (Å²) in [5, 5.41) is 14.5. The maximum Gasteiger partial charge on any atom is 0.247 e. The normalized spacial score (nSPS) is 17.8. The zero-order chi connectivity index (χ0) is 16.4. The summed E-state index contributed by atoms with van der Waals surface area (Å²) in [4.78, 5) is 4.48. The Morgan fingerprint density at radius 3 is 2.83 bits per heavy atom. The maximum atomic E-state index is 13.0. The number of aromatic nitrogens is 3. The third-order valence-corrected chi connectivity index (χ3v) is 4.11. The van der Waals surface area contributed by atoms with E-state index in [0.717, 1.165) is 36.7 Å². The van der Waals surface area contributed by atoms with Gasteiger partial charge in [-0.3, -0.25) is 0 Å². The van der Waals surface area contributed by atoms with Crippen molar-refractivity contribution in [3.63, 3.8) is 0 Å². The van der Waals surface area contributed by atoms with E-state index in [1.165, 1.54) is 18.6 Å². The Kier molecular flexibility index (Phi) is 4.00. The number of fused-ring (bicyclic) bond motifs is 1. The molecule has 0 bridgehead atoms. The van der Waals surface area contributed by atoms with Crippen molar-refractivity contribution in [1.82, 2.24) is 19.9 Å². The fraction of sp³-hybridized carbons (Fsp3) is 0.294. The van der Waals surface area contributed by atoms with Crippen LogP contribution in [0.1, 0.15) is 12.8 Å². The molecule has 1 aromatic carbocycles. The molecule has 124 valence electrons. The molecule has 0 aliphatic carbocycles. The van der Waals surface area contributed by atoms with Gasteiger partial charge in [0, 0.05) is 18.3 Å². The highest BCUT2D eigenvalue weighted by Crippen LogP contribution is 2.18. The second kappa shape index (κ2) is 6.45. The highest BCUT2D eigenvalue weighted by molar-refractivity contribution is 5.58. The molecule has 2 aromatic heterocycles. The van der Waals surface area contributed by atoms with Crippen LogP contribution in [0.4, 0.5) is 21.8 Å². The van der Waals surface area contributed by atoms with Crippen LogP contribution in [0.2, 0.25) is 0 Å². The van der Waals surface area contributed by atoms with E-state index in [0.29, 0.717) is 12.0 Å². The number of nitrogens with zero attached hydrogens (tertiary/aromatic N) is 3. The molecule has 6 nitrogen and oxygen atoms in total. The maximum absolute atomic E-state index is 13.0. The molecule has 4 rings (SSSR count). The van der Waals surface area contributed by atoms with Gasteiger partial charge in [0.25, 0.3) is 0 Å². The van der Waals surface area contributed by atoms with Crippen molar-refractivity contribution in [2.75, 3.05) is 23.7 Å². The zero-order valence-electron chi connectivity index (χ0n) is 13.2. The lowest BCUT2D eigenvalue weighted by Gasteiger charge is -2.24. The van der Waals surface area contributed by atoms with Crippen molar-refractivity contribution in [2.24, 2.45) is 0 Å².